The number of hydrogen-bond acceptors (Lipinski definition) is 3. The summed E-state index contributed by atoms with van der Waals surface area (Å²) in [5.41, 5.74) is 10.1. The first-order valence-corrected chi connectivity index (χ1v) is 5.41. The molecule has 0 saturated carbocycles. The molecule has 0 bridgehead atoms. The van der Waals surface area contributed by atoms with Crippen molar-refractivity contribution in [3.05, 3.63) is 54.7 Å². The molecule has 0 fully saturated rings. The predicted molar refractivity (Wildman–Crippen MR) is 69.4 cm³/mol. The molecule has 3 rings (SSSR count). The van der Waals surface area contributed by atoms with Crippen molar-refractivity contribution in [3.8, 4) is 11.3 Å². The van der Waals surface area contributed by atoms with Gasteiger partial charge in [-0.1, -0.05) is 30.3 Å². The van der Waals surface area contributed by atoms with Gasteiger partial charge in [-0.25, -0.2) is 4.98 Å². The summed E-state index contributed by atoms with van der Waals surface area (Å²) < 4.78 is 0. The minimum Gasteiger partial charge on any atom is -0.399 e. The molecule has 0 amide bonds. The van der Waals surface area contributed by atoms with Gasteiger partial charge in [0.05, 0.1) is 22.9 Å². The van der Waals surface area contributed by atoms with Crippen molar-refractivity contribution >= 4 is 16.7 Å². The van der Waals surface area contributed by atoms with Crippen LogP contribution >= 0.6 is 0 Å². The summed E-state index contributed by atoms with van der Waals surface area (Å²) in [4.78, 5) is 8.94. The standard InChI is InChI=1S/C14H11N3/c15-11-6-7-12-13(8-11)17-14(9-16-12)10-4-2-1-3-5-10/h1-9H,15H2. The highest BCUT2D eigenvalue weighted by Crippen LogP contribution is 2.19. The van der Waals surface area contributed by atoms with Gasteiger partial charge >= 0.3 is 0 Å². The van der Waals surface area contributed by atoms with E-state index < -0.39 is 0 Å². The van der Waals surface area contributed by atoms with Crippen molar-refractivity contribution in [2.45, 2.75) is 0 Å². The number of nitrogen functional groups attached to an aromatic ring is 1. The Balaban J connectivity index is 2.19. The molecular formula is C14H11N3. The summed E-state index contributed by atoms with van der Waals surface area (Å²) in [6.45, 7) is 0. The Morgan fingerprint density at radius 3 is 2.53 bits per heavy atom. The lowest BCUT2D eigenvalue weighted by Gasteiger charge is -2.03. The van der Waals surface area contributed by atoms with Crippen molar-refractivity contribution in [2.24, 2.45) is 0 Å². The molecule has 0 saturated heterocycles. The first kappa shape index (κ1) is 9.78. The summed E-state index contributed by atoms with van der Waals surface area (Å²) in [5.74, 6) is 0. The summed E-state index contributed by atoms with van der Waals surface area (Å²) in [6.07, 6.45) is 1.79. The number of rotatable bonds is 1. The average molecular weight is 221 g/mol. The molecular weight excluding hydrogens is 210 g/mol. The predicted octanol–water partition coefficient (Wildman–Crippen LogP) is 2.88. The first-order chi connectivity index (χ1) is 8.33. The third-order valence-electron chi connectivity index (χ3n) is 2.64. The highest BCUT2D eigenvalue weighted by molar-refractivity contribution is 5.80. The summed E-state index contributed by atoms with van der Waals surface area (Å²) in [6, 6.07) is 15.5. The fourth-order valence-corrected chi connectivity index (χ4v) is 1.78. The van der Waals surface area contributed by atoms with Crippen LogP contribution in [-0.4, -0.2) is 9.97 Å². The Labute approximate surface area is 98.9 Å². The monoisotopic (exact) mass is 221 g/mol. The van der Waals surface area contributed by atoms with Gasteiger partial charge in [0.2, 0.25) is 0 Å². The fourth-order valence-electron chi connectivity index (χ4n) is 1.78. The highest BCUT2D eigenvalue weighted by Gasteiger charge is 2.02. The van der Waals surface area contributed by atoms with Gasteiger partial charge in [-0.15, -0.1) is 0 Å². The van der Waals surface area contributed by atoms with Crippen LogP contribution in [0.5, 0.6) is 0 Å². The van der Waals surface area contributed by atoms with E-state index in [4.69, 9.17) is 5.73 Å². The Hall–Kier alpha value is -2.42. The quantitative estimate of drug-likeness (QED) is 0.643. The van der Waals surface area contributed by atoms with Crippen LogP contribution in [0.15, 0.2) is 54.7 Å². The van der Waals surface area contributed by atoms with Crippen LogP contribution in [0.2, 0.25) is 0 Å². The second-order valence-electron chi connectivity index (χ2n) is 3.87. The van der Waals surface area contributed by atoms with Gasteiger partial charge in [-0.2, -0.15) is 0 Å². The smallest absolute Gasteiger partial charge is 0.0914 e. The summed E-state index contributed by atoms with van der Waals surface area (Å²) >= 11 is 0. The summed E-state index contributed by atoms with van der Waals surface area (Å²) in [5, 5.41) is 0. The number of fused-ring (bicyclic) bond motifs is 1. The lowest BCUT2D eigenvalue weighted by Crippen LogP contribution is -1.90. The van der Waals surface area contributed by atoms with Crippen molar-refractivity contribution in [2.75, 3.05) is 5.73 Å². The maximum atomic E-state index is 5.74. The van der Waals surface area contributed by atoms with Crippen LogP contribution in [0.3, 0.4) is 0 Å². The molecule has 3 heteroatoms. The van der Waals surface area contributed by atoms with E-state index in [1.54, 1.807) is 6.20 Å². The molecule has 17 heavy (non-hydrogen) atoms. The molecule has 1 aromatic heterocycles. The molecule has 82 valence electrons. The van der Waals surface area contributed by atoms with Crippen LogP contribution < -0.4 is 5.73 Å². The molecule has 3 nitrogen and oxygen atoms in total. The maximum absolute atomic E-state index is 5.74. The average Bonchev–Trinajstić information content (AvgIpc) is 2.39. The van der Waals surface area contributed by atoms with E-state index in [9.17, 15) is 0 Å². The number of nitrogens with zero attached hydrogens (tertiary/aromatic N) is 2. The van der Waals surface area contributed by atoms with Gasteiger partial charge in [0, 0.05) is 11.3 Å². The zero-order valence-corrected chi connectivity index (χ0v) is 9.17. The van der Waals surface area contributed by atoms with Crippen LogP contribution in [0.4, 0.5) is 5.69 Å². The second-order valence-corrected chi connectivity index (χ2v) is 3.87. The van der Waals surface area contributed by atoms with Gasteiger partial charge in [0.15, 0.2) is 0 Å². The molecule has 0 atom stereocenters. The van der Waals surface area contributed by atoms with E-state index in [-0.39, 0.29) is 0 Å². The van der Waals surface area contributed by atoms with E-state index in [0.29, 0.717) is 5.69 Å². The number of benzene rings is 2. The minimum absolute atomic E-state index is 0.706. The largest absolute Gasteiger partial charge is 0.399 e. The molecule has 0 spiro atoms. The molecule has 0 unspecified atom stereocenters. The number of aromatic nitrogens is 2. The normalized spacial score (nSPS) is 10.6. The molecule has 0 aliphatic rings. The zero-order chi connectivity index (χ0) is 11.7. The van der Waals surface area contributed by atoms with E-state index >= 15 is 0 Å². The third kappa shape index (κ3) is 1.83. The van der Waals surface area contributed by atoms with Crippen molar-refractivity contribution in [3.63, 3.8) is 0 Å². The second kappa shape index (κ2) is 3.87. The van der Waals surface area contributed by atoms with Gasteiger partial charge in [0.1, 0.15) is 0 Å². The molecule has 0 radical (unpaired) electrons. The first-order valence-electron chi connectivity index (χ1n) is 5.41. The summed E-state index contributed by atoms with van der Waals surface area (Å²) in [7, 11) is 0. The van der Waals surface area contributed by atoms with Gasteiger partial charge in [-0.3, -0.25) is 4.98 Å². The third-order valence-corrected chi connectivity index (χ3v) is 2.64. The Bertz CT molecular complexity index is 663. The lowest BCUT2D eigenvalue weighted by atomic mass is 10.1. The van der Waals surface area contributed by atoms with Crippen LogP contribution in [-0.2, 0) is 0 Å². The van der Waals surface area contributed by atoms with Crippen LogP contribution in [0.1, 0.15) is 0 Å². The van der Waals surface area contributed by atoms with E-state index in [0.717, 1.165) is 22.3 Å². The van der Waals surface area contributed by atoms with Gasteiger partial charge in [-0.05, 0) is 18.2 Å². The maximum Gasteiger partial charge on any atom is 0.0914 e. The van der Waals surface area contributed by atoms with Crippen LogP contribution in [0.25, 0.3) is 22.3 Å². The minimum atomic E-state index is 0.706. The van der Waals surface area contributed by atoms with Crippen molar-refractivity contribution < 1.29 is 0 Å². The Kier molecular flexibility index (Phi) is 2.22. The molecule has 2 N–H and O–H groups in total. The topological polar surface area (TPSA) is 51.8 Å². The molecule has 3 aromatic rings. The van der Waals surface area contributed by atoms with E-state index in [2.05, 4.69) is 9.97 Å². The molecule has 1 heterocycles. The number of nitrogens with two attached hydrogens (primary N) is 1. The van der Waals surface area contributed by atoms with Crippen molar-refractivity contribution in [1.82, 2.24) is 9.97 Å². The molecule has 0 aliphatic carbocycles. The van der Waals surface area contributed by atoms with Gasteiger partial charge < -0.3 is 5.73 Å². The molecule has 0 aliphatic heterocycles. The Morgan fingerprint density at radius 1 is 0.882 bits per heavy atom. The fraction of sp³-hybridized carbons (Fsp3) is 0. The number of hydrogen-bond donors (Lipinski definition) is 1. The molecule has 2 aromatic carbocycles. The van der Waals surface area contributed by atoms with Crippen molar-refractivity contribution in [1.29, 1.82) is 0 Å². The van der Waals surface area contributed by atoms with E-state index in [1.807, 2.05) is 48.5 Å². The highest BCUT2D eigenvalue weighted by atomic mass is 14.8. The number of anilines is 1. The SMILES string of the molecule is Nc1ccc2ncc(-c3ccccc3)nc2c1. The van der Waals surface area contributed by atoms with Gasteiger partial charge in [0.25, 0.3) is 0 Å². The van der Waals surface area contributed by atoms with E-state index in [1.165, 1.54) is 0 Å². The zero-order valence-electron chi connectivity index (χ0n) is 9.17. The van der Waals surface area contributed by atoms with Crippen LogP contribution in [0, 0.1) is 0 Å². The lowest BCUT2D eigenvalue weighted by molar-refractivity contribution is 1.29. The Morgan fingerprint density at radius 2 is 1.71 bits per heavy atom.